The van der Waals surface area contributed by atoms with Gasteiger partial charge in [0.05, 0.1) is 26.2 Å². The van der Waals surface area contributed by atoms with Crippen molar-refractivity contribution in [2.75, 3.05) is 20.3 Å². The van der Waals surface area contributed by atoms with Gasteiger partial charge in [0.2, 0.25) is 0 Å². The minimum absolute atomic E-state index is 0.0316. The summed E-state index contributed by atoms with van der Waals surface area (Å²) < 4.78 is 31.2. The molecule has 11 heteroatoms. The predicted octanol–water partition coefficient (Wildman–Crippen LogP) is 5.49. The van der Waals surface area contributed by atoms with Gasteiger partial charge >= 0.3 is 24.2 Å². The van der Waals surface area contributed by atoms with E-state index in [9.17, 15) is 19.2 Å². The minimum atomic E-state index is -1.58. The van der Waals surface area contributed by atoms with Gasteiger partial charge in [-0.25, -0.2) is 9.59 Å². The Morgan fingerprint density at radius 2 is 1.40 bits per heavy atom. The molecule has 0 radical (unpaired) electrons. The summed E-state index contributed by atoms with van der Waals surface area (Å²) in [6, 6.07) is 4.39. The molecule has 40 heavy (non-hydrogen) atoms. The molecular formula is C29H45NO10. The number of hydrogen-bond acceptors (Lipinski definition) is 11. The van der Waals surface area contributed by atoms with E-state index >= 15 is 0 Å². The molecule has 1 aromatic carbocycles. The normalized spacial score (nSPS) is 13.1. The molecule has 0 aliphatic rings. The summed E-state index contributed by atoms with van der Waals surface area (Å²) in [5.41, 5.74) is 5.36. The number of benzene rings is 1. The largest absolute Gasteiger partial charge is 0.513 e. The summed E-state index contributed by atoms with van der Waals surface area (Å²) in [4.78, 5) is 49.3. The second kappa shape index (κ2) is 18.1. The van der Waals surface area contributed by atoms with Crippen molar-refractivity contribution in [3.05, 3.63) is 23.8 Å². The molecule has 0 bridgehead atoms. The second-order valence-corrected chi connectivity index (χ2v) is 10.0. The molecule has 0 aliphatic carbocycles. The summed E-state index contributed by atoms with van der Waals surface area (Å²) in [6.07, 6.45) is 2.36. The zero-order valence-electron chi connectivity index (χ0n) is 24.6. The van der Waals surface area contributed by atoms with Crippen molar-refractivity contribution in [1.29, 1.82) is 0 Å². The number of ether oxygens (including phenoxy) is 6. The highest BCUT2D eigenvalue weighted by atomic mass is 16.7. The van der Waals surface area contributed by atoms with Gasteiger partial charge in [-0.05, 0) is 37.5 Å². The van der Waals surface area contributed by atoms with Gasteiger partial charge in [0, 0.05) is 12.8 Å². The fourth-order valence-corrected chi connectivity index (χ4v) is 3.76. The van der Waals surface area contributed by atoms with Crippen LogP contribution in [0.15, 0.2) is 18.2 Å². The zero-order chi connectivity index (χ0) is 30.1. The van der Waals surface area contributed by atoms with E-state index in [4.69, 9.17) is 34.2 Å². The van der Waals surface area contributed by atoms with Gasteiger partial charge in [-0.2, -0.15) is 0 Å². The van der Waals surface area contributed by atoms with E-state index < -0.39 is 35.9 Å². The van der Waals surface area contributed by atoms with E-state index in [0.717, 1.165) is 25.7 Å². The molecule has 1 unspecified atom stereocenters. The summed E-state index contributed by atoms with van der Waals surface area (Å²) in [5.74, 6) is -1.67. The smallest absolute Gasteiger partial charge is 0.468 e. The molecule has 0 fully saturated rings. The molecule has 2 N–H and O–H groups in total. The molecule has 0 saturated carbocycles. The van der Waals surface area contributed by atoms with E-state index in [1.807, 2.05) is 13.8 Å². The maximum atomic E-state index is 12.7. The number of carbonyl (C=O) groups excluding carboxylic acids is 4. The average molecular weight is 568 g/mol. The lowest BCUT2D eigenvalue weighted by atomic mass is 9.86. The highest BCUT2D eigenvalue weighted by molar-refractivity contribution is 5.81. The third-order valence-corrected chi connectivity index (χ3v) is 5.88. The topological polar surface area (TPSA) is 150 Å². The molecule has 0 amide bonds. The van der Waals surface area contributed by atoms with E-state index in [-0.39, 0.29) is 43.5 Å². The molecule has 1 aromatic rings. The molecule has 2 atom stereocenters. The first kappa shape index (κ1) is 34.7. The molecule has 0 spiro atoms. The van der Waals surface area contributed by atoms with Crippen molar-refractivity contribution in [3.8, 4) is 11.5 Å². The number of rotatable bonds is 17. The Morgan fingerprint density at radius 3 is 1.90 bits per heavy atom. The highest BCUT2D eigenvalue weighted by Crippen LogP contribution is 2.32. The van der Waals surface area contributed by atoms with Crippen molar-refractivity contribution < 1.29 is 47.6 Å². The number of esters is 2. The van der Waals surface area contributed by atoms with Crippen LogP contribution in [-0.4, -0.2) is 56.2 Å². The number of carbonyl (C=O) groups is 4. The van der Waals surface area contributed by atoms with Gasteiger partial charge in [0.15, 0.2) is 11.5 Å². The van der Waals surface area contributed by atoms with Crippen LogP contribution in [-0.2, 0) is 35.0 Å². The van der Waals surface area contributed by atoms with E-state index in [1.54, 1.807) is 26.8 Å². The molecular weight excluding hydrogens is 522 g/mol. The monoisotopic (exact) mass is 567 g/mol. The first-order valence-electron chi connectivity index (χ1n) is 13.9. The highest BCUT2D eigenvalue weighted by Gasteiger charge is 2.38. The van der Waals surface area contributed by atoms with E-state index in [2.05, 4.69) is 0 Å². The molecule has 0 saturated heterocycles. The minimum Gasteiger partial charge on any atom is -0.468 e. The maximum Gasteiger partial charge on any atom is 0.513 e. The Kier molecular flexibility index (Phi) is 15.7. The molecule has 0 heterocycles. The molecule has 0 aliphatic heterocycles. The van der Waals surface area contributed by atoms with Crippen LogP contribution in [0.5, 0.6) is 11.5 Å². The lowest BCUT2D eigenvalue weighted by Gasteiger charge is -2.29. The van der Waals surface area contributed by atoms with Crippen LogP contribution in [0.2, 0.25) is 0 Å². The standard InChI is InChI=1S/C29H45NO10/c1-7-9-11-15-36-27(33)39-23-14-13-22(17-24(23)40-28(34)37-16-12-10-8-2)19-29(30,26(32)35-6)18-21(5)38-25(31)20(3)4/h13-14,17,20-21H,7-12,15-16,18-19,30H2,1-6H3/t21?,29-/m1/s1. The van der Waals surface area contributed by atoms with E-state index in [1.165, 1.54) is 19.2 Å². The van der Waals surface area contributed by atoms with Gasteiger partial charge in [-0.1, -0.05) is 59.4 Å². The van der Waals surface area contributed by atoms with Crippen molar-refractivity contribution >= 4 is 24.2 Å². The summed E-state index contributed by atoms with van der Waals surface area (Å²) in [6.45, 7) is 9.45. The Labute approximate surface area is 236 Å². The lowest BCUT2D eigenvalue weighted by molar-refractivity contribution is -0.157. The average Bonchev–Trinajstić information content (AvgIpc) is 2.89. The number of nitrogens with two attached hydrogens (primary N) is 1. The van der Waals surface area contributed by atoms with Crippen LogP contribution < -0.4 is 15.2 Å². The van der Waals surface area contributed by atoms with Crippen LogP contribution in [0.25, 0.3) is 0 Å². The van der Waals surface area contributed by atoms with Crippen molar-refractivity contribution in [1.82, 2.24) is 0 Å². The van der Waals surface area contributed by atoms with Crippen LogP contribution >= 0.6 is 0 Å². The lowest BCUT2D eigenvalue weighted by Crippen LogP contribution is -2.53. The van der Waals surface area contributed by atoms with Gasteiger partial charge in [0.25, 0.3) is 0 Å². The Hall–Kier alpha value is -3.34. The van der Waals surface area contributed by atoms with Gasteiger partial charge in [-0.15, -0.1) is 0 Å². The molecule has 1 rings (SSSR count). The van der Waals surface area contributed by atoms with Crippen molar-refractivity contribution in [2.24, 2.45) is 11.7 Å². The van der Waals surface area contributed by atoms with Crippen molar-refractivity contribution in [2.45, 2.75) is 97.6 Å². The maximum absolute atomic E-state index is 12.7. The van der Waals surface area contributed by atoms with Crippen LogP contribution in [0.1, 0.15) is 85.1 Å². The molecule has 226 valence electrons. The number of unbranched alkanes of at least 4 members (excludes halogenated alkanes) is 4. The van der Waals surface area contributed by atoms with Crippen LogP contribution in [0.3, 0.4) is 0 Å². The Morgan fingerprint density at radius 1 is 0.850 bits per heavy atom. The fraction of sp³-hybridized carbons (Fsp3) is 0.655. The number of methoxy groups -OCH3 is 1. The third kappa shape index (κ3) is 12.7. The van der Waals surface area contributed by atoms with Crippen LogP contribution in [0, 0.1) is 5.92 Å². The molecule has 11 nitrogen and oxygen atoms in total. The Balaban J connectivity index is 3.17. The number of hydrogen-bond donors (Lipinski definition) is 1. The fourth-order valence-electron chi connectivity index (χ4n) is 3.76. The molecule has 0 aromatic heterocycles. The zero-order valence-corrected chi connectivity index (χ0v) is 24.6. The third-order valence-electron chi connectivity index (χ3n) is 5.88. The second-order valence-electron chi connectivity index (χ2n) is 10.0. The van der Waals surface area contributed by atoms with E-state index in [0.29, 0.717) is 18.4 Å². The summed E-state index contributed by atoms with van der Waals surface area (Å²) >= 11 is 0. The first-order chi connectivity index (χ1) is 18.9. The van der Waals surface area contributed by atoms with Crippen molar-refractivity contribution in [3.63, 3.8) is 0 Å². The quantitative estimate of drug-likeness (QED) is 0.110. The van der Waals surface area contributed by atoms with Crippen LogP contribution in [0.4, 0.5) is 9.59 Å². The Bertz CT molecular complexity index is 964. The first-order valence-corrected chi connectivity index (χ1v) is 13.9. The predicted molar refractivity (Wildman–Crippen MR) is 147 cm³/mol. The van der Waals surface area contributed by atoms with Gasteiger partial charge < -0.3 is 34.2 Å². The van der Waals surface area contributed by atoms with Gasteiger partial charge in [0.1, 0.15) is 11.6 Å². The SMILES string of the molecule is CCCCCOC(=O)Oc1ccc(C[C@](N)(CC(C)OC(=O)C(C)C)C(=O)OC)cc1OC(=O)OCCCCC. The summed E-state index contributed by atoms with van der Waals surface area (Å²) in [5, 5.41) is 0. The summed E-state index contributed by atoms with van der Waals surface area (Å²) in [7, 11) is 1.21. The van der Waals surface area contributed by atoms with Gasteiger partial charge in [-0.3, -0.25) is 9.59 Å².